The number of hydrogen-bond acceptors (Lipinski definition) is 3. The third-order valence-electron chi connectivity index (χ3n) is 4.39. The highest BCUT2D eigenvalue weighted by Gasteiger charge is 2.44. The van der Waals surface area contributed by atoms with Gasteiger partial charge in [-0.15, -0.1) is 6.58 Å². The fourth-order valence-corrected chi connectivity index (χ4v) is 3.52. The van der Waals surface area contributed by atoms with Crippen LogP contribution in [-0.4, -0.2) is 36.5 Å². The summed E-state index contributed by atoms with van der Waals surface area (Å²) in [6.45, 7) is 6.80. The van der Waals surface area contributed by atoms with Gasteiger partial charge in [0.2, 0.25) is 5.91 Å². The molecule has 5 heteroatoms. The van der Waals surface area contributed by atoms with Gasteiger partial charge in [0, 0.05) is 24.5 Å². The van der Waals surface area contributed by atoms with Gasteiger partial charge >= 0.3 is 5.97 Å². The van der Waals surface area contributed by atoms with Crippen molar-refractivity contribution in [1.29, 1.82) is 0 Å². The maximum absolute atomic E-state index is 12.7. The lowest BCUT2D eigenvalue weighted by molar-refractivity contribution is -0.160. The second kappa shape index (κ2) is 8.34. The average molecular weight is 350 g/mol. The SMILES string of the molecule is C=CCC(=O)N1CCCC(Cc2cccc(Cl)c2)(C(=O)OCC)C1. The van der Waals surface area contributed by atoms with E-state index in [0.29, 0.717) is 37.6 Å². The Morgan fingerprint density at radius 2 is 2.25 bits per heavy atom. The minimum Gasteiger partial charge on any atom is -0.466 e. The molecule has 2 rings (SSSR count). The first-order valence-corrected chi connectivity index (χ1v) is 8.69. The summed E-state index contributed by atoms with van der Waals surface area (Å²) in [5.74, 6) is -0.231. The summed E-state index contributed by atoms with van der Waals surface area (Å²) < 4.78 is 5.35. The van der Waals surface area contributed by atoms with Gasteiger partial charge in [-0.25, -0.2) is 0 Å². The summed E-state index contributed by atoms with van der Waals surface area (Å²) >= 11 is 6.08. The molecule has 1 heterocycles. The lowest BCUT2D eigenvalue weighted by Crippen LogP contribution is -2.51. The molecule has 130 valence electrons. The molecule has 1 aromatic carbocycles. The molecule has 1 aliphatic heterocycles. The van der Waals surface area contributed by atoms with Crippen LogP contribution in [0.1, 0.15) is 31.7 Å². The fraction of sp³-hybridized carbons (Fsp3) is 0.474. The van der Waals surface area contributed by atoms with Gasteiger partial charge in [0.1, 0.15) is 0 Å². The summed E-state index contributed by atoms with van der Waals surface area (Å²) in [7, 11) is 0. The number of hydrogen-bond donors (Lipinski definition) is 0. The van der Waals surface area contributed by atoms with E-state index in [9.17, 15) is 9.59 Å². The Morgan fingerprint density at radius 1 is 1.46 bits per heavy atom. The van der Waals surface area contributed by atoms with Crippen molar-refractivity contribution in [3.05, 3.63) is 47.5 Å². The average Bonchev–Trinajstić information content (AvgIpc) is 2.55. The van der Waals surface area contributed by atoms with E-state index in [4.69, 9.17) is 16.3 Å². The molecule has 0 radical (unpaired) electrons. The number of ether oxygens (including phenoxy) is 1. The van der Waals surface area contributed by atoms with Crippen molar-refractivity contribution in [1.82, 2.24) is 4.90 Å². The predicted octanol–water partition coefficient (Wildman–Crippen LogP) is 3.63. The van der Waals surface area contributed by atoms with Crippen molar-refractivity contribution in [3.63, 3.8) is 0 Å². The summed E-state index contributed by atoms with van der Waals surface area (Å²) in [5, 5.41) is 0.641. The second-order valence-corrected chi connectivity index (χ2v) is 6.66. The van der Waals surface area contributed by atoms with Crippen LogP contribution in [0.3, 0.4) is 0 Å². The van der Waals surface area contributed by atoms with E-state index < -0.39 is 5.41 Å². The maximum atomic E-state index is 12.7. The normalized spacial score (nSPS) is 20.5. The molecule has 1 fully saturated rings. The number of benzene rings is 1. The van der Waals surface area contributed by atoms with Gasteiger partial charge in [-0.05, 0) is 43.9 Å². The number of carbonyl (C=O) groups excluding carboxylic acids is 2. The third kappa shape index (κ3) is 4.38. The largest absolute Gasteiger partial charge is 0.466 e. The molecule has 1 aliphatic rings. The Bertz CT molecular complexity index is 616. The number of halogens is 1. The molecule has 4 nitrogen and oxygen atoms in total. The first kappa shape index (κ1) is 18.5. The zero-order valence-corrected chi connectivity index (χ0v) is 14.8. The van der Waals surface area contributed by atoms with Gasteiger partial charge in [-0.2, -0.15) is 0 Å². The molecule has 1 aromatic rings. The molecule has 0 N–H and O–H groups in total. The van der Waals surface area contributed by atoms with Gasteiger partial charge in [-0.3, -0.25) is 9.59 Å². The number of nitrogens with zero attached hydrogens (tertiary/aromatic N) is 1. The van der Waals surface area contributed by atoms with Crippen LogP contribution in [0, 0.1) is 5.41 Å². The first-order chi connectivity index (χ1) is 11.5. The zero-order valence-electron chi connectivity index (χ0n) is 14.1. The van der Waals surface area contributed by atoms with Gasteiger partial charge in [-0.1, -0.05) is 29.8 Å². The number of carbonyl (C=O) groups is 2. The number of rotatable bonds is 6. The van der Waals surface area contributed by atoms with Crippen LogP contribution >= 0.6 is 11.6 Å². The summed E-state index contributed by atoms with van der Waals surface area (Å²) in [5.41, 5.74) is 0.268. The number of likely N-dealkylation sites (tertiary alicyclic amines) is 1. The van der Waals surface area contributed by atoms with Crippen LogP contribution in [0.25, 0.3) is 0 Å². The number of esters is 1. The monoisotopic (exact) mass is 349 g/mol. The Kier molecular flexibility index (Phi) is 6.44. The molecule has 24 heavy (non-hydrogen) atoms. The lowest BCUT2D eigenvalue weighted by atomic mass is 9.75. The van der Waals surface area contributed by atoms with E-state index in [1.165, 1.54) is 0 Å². The van der Waals surface area contributed by atoms with Crippen molar-refractivity contribution in [2.24, 2.45) is 5.41 Å². The second-order valence-electron chi connectivity index (χ2n) is 6.22. The van der Waals surface area contributed by atoms with Gasteiger partial charge < -0.3 is 9.64 Å². The molecule has 1 saturated heterocycles. The fourth-order valence-electron chi connectivity index (χ4n) is 3.30. The Balaban J connectivity index is 2.27. The van der Waals surface area contributed by atoms with E-state index >= 15 is 0 Å². The Hall–Kier alpha value is -1.81. The zero-order chi connectivity index (χ0) is 17.6. The highest BCUT2D eigenvalue weighted by atomic mass is 35.5. The molecule has 0 spiro atoms. The van der Waals surface area contributed by atoms with Crippen molar-refractivity contribution in [2.75, 3.05) is 19.7 Å². The van der Waals surface area contributed by atoms with E-state index in [1.54, 1.807) is 17.9 Å². The number of amides is 1. The van der Waals surface area contributed by atoms with Gasteiger partial charge in [0.05, 0.1) is 12.0 Å². The third-order valence-corrected chi connectivity index (χ3v) is 4.62. The highest BCUT2D eigenvalue weighted by Crippen LogP contribution is 2.36. The van der Waals surface area contributed by atoms with Gasteiger partial charge in [0.25, 0.3) is 0 Å². The summed E-state index contributed by atoms with van der Waals surface area (Å²) in [6, 6.07) is 7.51. The van der Waals surface area contributed by atoms with Crippen LogP contribution in [0.4, 0.5) is 0 Å². The van der Waals surface area contributed by atoms with Crippen molar-refractivity contribution < 1.29 is 14.3 Å². The van der Waals surface area contributed by atoms with Crippen LogP contribution < -0.4 is 0 Å². The van der Waals surface area contributed by atoms with Crippen LogP contribution in [-0.2, 0) is 20.7 Å². The standard InChI is InChI=1S/C19H24ClNO3/c1-3-7-17(22)21-11-6-10-19(14-21,18(23)24-4-2)13-15-8-5-9-16(20)12-15/h3,5,8-9,12H,1,4,6-7,10-11,13-14H2,2H3. The van der Waals surface area contributed by atoms with E-state index in [-0.39, 0.29) is 18.3 Å². The van der Waals surface area contributed by atoms with E-state index in [1.807, 2.05) is 24.3 Å². The quantitative estimate of drug-likeness (QED) is 0.582. The topological polar surface area (TPSA) is 46.6 Å². The van der Waals surface area contributed by atoms with Gasteiger partial charge in [0.15, 0.2) is 0 Å². The summed E-state index contributed by atoms with van der Waals surface area (Å²) in [4.78, 5) is 26.7. The molecule has 1 amide bonds. The highest BCUT2D eigenvalue weighted by molar-refractivity contribution is 6.30. The van der Waals surface area contributed by atoms with Crippen molar-refractivity contribution in [2.45, 2.75) is 32.6 Å². The lowest BCUT2D eigenvalue weighted by Gasteiger charge is -2.41. The summed E-state index contributed by atoms with van der Waals surface area (Å²) in [6.07, 6.45) is 3.89. The predicted molar refractivity (Wildman–Crippen MR) is 94.9 cm³/mol. The molecule has 0 bridgehead atoms. The van der Waals surface area contributed by atoms with Crippen molar-refractivity contribution >= 4 is 23.5 Å². The molecular weight excluding hydrogens is 326 g/mol. The minimum absolute atomic E-state index is 0.00414. The molecule has 0 aliphatic carbocycles. The Morgan fingerprint density at radius 3 is 2.92 bits per heavy atom. The van der Waals surface area contributed by atoms with E-state index in [2.05, 4.69) is 6.58 Å². The van der Waals surface area contributed by atoms with Crippen LogP contribution in [0.5, 0.6) is 0 Å². The smallest absolute Gasteiger partial charge is 0.314 e. The first-order valence-electron chi connectivity index (χ1n) is 8.31. The molecule has 1 atom stereocenters. The van der Waals surface area contributed by atoms with Crippen LogP contribution in [0.2, 0.25) is 5.02 Å². The Labute approximate surface area is 148 Å². The molecular formula is C19H24ClNO3. The molecule has 0 saturated carbocycles. The minimum atomic E-state index is -0.713. The van der Waals surface area contributed by atoms with E-state index in [0.717, 1.165) is 12.0 Å². The molecule has 0 aromatic heterocycles. The maximum Gasteiger partial charge on any atom is 0.314 e. The van der Waals surface area contributed by atoms with Crippen molar-refractivity contribution in [3.8, 4) is 0 Å². The molecule has 1 unspecified atom stereocenters. The number of piperidine rings is 1. The van der Waals surface area contributed by atoms with Crippen LogP contribution in [0.15, 0.2) is 36.9 Å².